The molecular weight excluding hydrogens is 394 g/mol. The van der Waals surface area contributed by atoms with Crippen molar-refractivity contribution in [2.75, 3.05) is 38.1 Å². The van der Waals surface area contributed by atoms with E-state index in [0.717, 1.165) is 59.5 Å². The first kappa shape index (κ1) is 19.1. The quantitative estimate of drug-likeness (QED) is 0.509. The number of hydrogen-bond donors (Lipinski definition) is 1. The number of rotatable bonds is 3. The molecule has 1 saturated heterocycles. The Morgan fingerprint density at radius 1 is 0.933 bits per heavy atom. The molecule has 0 saturated carbocycles. The predicted octanol–water partition coefficient (Wildman–Crippen LogP) is 5.01. The van der Waals surface area contributed by atoms with Crippen molar-refractivity contribution in [1.82, 2.24) is 20.1 Å². The second-order valence-corrected chi connectivity index (χ2v) is 8.42. The highest BCUT2D eigenvalue weighted by molar-refractivity contribution is 6.33. The van der Waals surface area contributed by atoms with E-state index in [4.69, 9.17) is 11.6 Å². The van der Waals surface area contributed by atoms with E-state index < -0.39 is 0 Å². The van der Waals surface area contributed by atoms with Gasteiger partial charge in [-0.2, -0.15) is 5.10 Å². The molecule has 1 aliphatic rings. The van der Waals surface area contributed by atoms with E-state index in [-0.39, 0.29) is 0 Å². The van der Waals surface area contributed by atoms with Gasteiger partial charge in [-0.1, -0.05) is 35.9 Å². The largest absolute Gasteiger partial charge is 0.369 e. The normalized spacial score (nSPS) is 15.1. The van der Waals surface area contributed by atoms with Gasteiger partial charge in [0.2, 0.25) is 0 Å². The lowest BCUT2D eigenvalue weighted by Crippen LogP contribution is -2.44. The Bertz CT molecular complexity index is 1190. The van der Waals surface area contributed by atoms with E-state index in [2.05, 4.69) is 68.4 Å². The number of pyridine rings is 1. The summed E-state index contributed by atoms with van der Waals surface area (Å²) >= 11 is 6.50. The van der Waals surface area contributed by atoms with Crippen LogP contribution in [-0.2, 0) is 0 Å². The number of aromatic nitrogens is 3. The highest BCUT2D eigenvalue weighted by Gasteiger charge is 2.15. The van der Waals surface area contributed by atoms with E-state index >= 15 is 0 Å². The van der Waals surface area contributed by atoms with E-state index in [9.17, 15) is 0 Å². The van der Waals surface area contributed by atoms with Gasteiger partial charge in [0.1, 0.15) is 0 Å². The van der Waals surface area contributed by atoms with E-state index in [1.54, 1.807) is 0 Å². The molecule has 0 atom stereocenters. The number of piperazine rings is 1. The second kappa shape index (κ2) is 7.74. The fourth-order valence-corrected chi connectivity index (χ4v) is 4.34. The molecule has 2 aromatic heterocycles. The van der Waals surface area contributed by atoms with Crippen LogP contribution in [0.5, 0.6) is 0 Å². The Hall–Kier alpha value is -2.89. The molecule has 1 aliphatic heterocycles. The third kappa shape index (κ3) is 3.55. The van der Waals surface area contributed by atoms with E-state index in [0.29, 0.717) is 10.7 Å². The fraction of sp³-hybridized carbons (Fsp3) is 0.250. The maximum atomic E-state index is 6.50. The summed E-state index contributed by atoms with van der Waals surface area (Å²) in [5.41, 5.74) is 7.15. The molecule has 0 aliphatic carbocycles. The van der Waals surface area contributed by atoms with Gasteiger partial charge in [0, 0.05) is 54.6 Å². The molecule has 1 N–H and O–H groups in total. The average Bonchev–Trinajstić information content (AvgIpc) is 3.17. The topological polar surface area (TPSA) is 48.1 Å². The summed E-state index contributed by atoms with van der Waals surface area (Å²) in [6.07, 6.45) is 1.88. The minimum atomic E-state index is 0.694. The maximum Gasteiger partial charge on any atom is 0.181 e. The summed E-state index contributed by atoms with van der Waals surface area (Å²) in [6.45, 7) is 6.38. The van der Waals surface area contributed by atoms with Crippen molar-refractivity contribution in [3.63, 3.8) is 0 Å². The summed E-state index contributed by atoms with van der Waals surface area (Å²) in [5.74, 6) is 0. The highest BCUT2D eigenvalue weighted by Crippen LogP contribution is 2.34. The smallest absolute Gasteiger partial charge is 0.181 e. The van der Waals surface area contributed by atoms with Crippen LogP contribution >= 0.6 is 11.6 Å². The Morgan fingerprint density at radius 2 is 1.70 bits per heavy atom. The van der Waals surface area contributed by atoms with Crippen LogP contribution in [0.2, 0.25) is 5.02 Å². The van der Waals surface area contributed by atoms with Gasteiger partial charge in [-0.3, -0.25) is 5.10 Å². The van der Waals surface area contributed by atoms with E-state index in [1.807, 2.05) is 25.3 Å². The molecular formula is C24H24ClN5. The molecule has 0 bridgehead atoms. The molecule has 1 fully saturated rings. The third-order valence-corrected chi connectivity index (χ3v) is 6.19. The number of hydrogen-bond acceptors (Lipinski definition) is 4. The van der Waals surface area contributed by atoms with Crippen molar-refractivity contribution in [2.45, 2.75) is 6.92 Å². The van der Waals surface area contributed by atoms with Gasteiger partial charge in [-0.05, 0) is 49.4 Å². The van der Waals surface area contributed by atoms with Crippen molar-refractivity contribution in [2.24, 2.45) is 0 Å². The lowest BCUT2D eigenvalue weighted by atomic mass is 10.0. The van der Waals surface area contributed by atoms with Crippen molar-refractivity contribution < 1.29 is 0 Å². The van der Waals surface area contributed by atoms with Crippen LogP contribution in [0.25, 0.3) is 33.4 Å². The number of aromatic amines is 1. The van der Waals surface area contributed by atoms with Crippen LogP contribution in [0.3, 0.4) is 0 Å². The molecule has 0 amide bonds. The lowest BCUT2D eigenvalue weighted by molar-refractivity contribution is 0.313. The number of nitrogens with one attached hydrogen (secondary N) is 1. The third-order valence-electron chi connectivity index (χ3n) is 5.87. The lowest BCUT2D eigenvalue weighted by Gasteiger charge is -2.34. The maximum absolute atomic E-state index is 6.50. The second-order valence-electron chi connectivity index (χ2n) is 8.01. The standard InChI is InChI=1S/C24H24ClN5/c1-16-3-8-20(22(25)13-16)23-21-14-18(15-26-24(21)28-27-23)17-4-6-19(7-5-17)30-11-9-29(2)10-12-30/h3-8,13-15H,9-12H2,1-2H3,(H,26,27,28). The summed E-state index contributed by atoms with van der Waals surface area (Å²) in [5, 5.41) is 9.17. The number of fused-ring (bicyclic) bond motifs is 1. The Morgan fingerprint density at radius 3 is 2.43 bits per heavy atom. The summed E-state index contributed by atoms with van der Waals surface area (Å²) < 4.78 is 0. The predicted molar refractivity (Wildman–Crippen MR) is 124 cm³/mol. The first-order valence-electron chi connectivity index (χ1n) is 10.2. The first-order valence-corrected chi connectivity index (χ1v) is 10.6. The van der Waals surface area contributed by atoms with E-state index in [1.165, 1.54) is 5.69 Å². The molecule has 0 spiro atoms. The van der Waals surface area contributed by atoms with Crippen LogP contribution in [0.15, 0.2) is 54.7 Å². The van der Waals surface area contributed by atoms with Gasteiger partial charge >= 0.3 is 0 Å². The average molecular weight is 418 g/mol. The van der Waals surface area contributed by atoms with Gasteiger partial charge in [0.15, 0.2) is 5.65 Å². The van der Waals surface area contributed by atoms with Crippen molar-refractivity contribution in [3.05, 3.63) is 65.3 Å². The number of benzene rings is 2. The number of aryl methyl sites for hydroxylation is 1. The van der Waals surface area contributed by atoms with Gasteiger partial charge in [-0.25, -0.2) is 4.98 Å². The minimum absolute atomic E-state index is 0.694. The zero-order chi connectivity index (χ0) is 20.7. The van der Waals surface area contributed by atoms with Gasteiger partial charge in [0.25, 0.3) is 0 Å². The molecule has 30 heavy (non-hydrogen) atoms. The molecule has 0 unspecified atom stereocenters. The molecule has 5 nitrogen and oxygen atoms in total. The van der Waals surface area contributed by atoms with Gasteiger partial charge < -0.3 is 9.80 Å². The summed E-state index contributed by atoms with van der Waals surface area (Å²) in [7, 11) is 2.18. The number of halogens is 1. The highest BCUT2D eigenvalue weighted by atomic mass is 35.5. The molecule has 3 heterocycles. The first-order chi connectivity index (χ1) is 14.6. The van der Waals surface area contributed by atoms with Gasteiger partial charge in [-0.15, -0.1) is 0 Å². The molecule has 152 valence electrons. The Kier molecular flexibility index (Phi) is 4.93. The molecule has 5 rings (SSSR count). The zero-order valence-electron chi connectivity index (χ0n) is 17.2. The molecule has 0 radical (unpaired) electrons. The van der Waals surface area contributed by atoms with Crippen molar-refractivity contribution >= 4 is 28.3 Å². The van der Waals surface area contributed by atoms with Crippen molar-refractivity contribution in [1.29, 1.82) is 0 Å². The van der Waals surface area contributed by atoms with Crippen LogP contribution in [0.1, 0.15) is 5.56 Å². The number of nitrogens with zero attached hydrogens (tertiary/aromatic N) is 4. The number of likely N-dealkylation sites (N-methyl/N-ethyl adjacent to an activating group) is 1. The molecule has 4 aromatic rings. The summed E-state index contributed by atoms with van der Waals surface area (Å²) in [6, 6.07) is 17.0. The molecule has 2 aromatic carbocycles. The molecule has 6 heteroatoms. The number of anilines is 1. The minimum Gasteiger partial charge on any atom is -0.369 e. The van der Waals surface area contributed by atoms with Crippen LogP contribution < -0.4 is 4.90 Å². The van der Waals surface area contributed by atoms with Crippen molar-refractivity contribution in [3.8, 4) is 22.4 Å². The van der Waals surface area contributed by atoms with Crippen LogP contribution in [-0.4, -0.2) is 53.3 Å². The fourth-order valence-electron chi connectivity index (χ4n) is 4.02. The summed E-state index contributed by atoms with van der Waals surface area (Å²) in [4.78, 5) is 9.38. The van der Waals surface area contributed by atoms with Crippen LogP contribution in [0.4, 0.5) is 5.69 Å². The number of H-pyrrole nitrogens is 1. The van der Waals surface area contributed by atoms with Crippen LogP contribution in [0, 0.1) is 6.92 Å². The SMILES string of the molecule is Cc1ccc(-c2[nH]nc3ncc(-c4ccc(N5CCN(C)CC5)cc4)cc23)c(Cl)c1. The Balaban J connectivity index is 1.48. The van der Waals surface area contributed by atoms with Gasteiger partial charge in [0.05, 0.1) is 10.7 Å². The zero-order valence-corrected chi connectivity index (χ0v) is 17.9. The monoisotopic (exact) mass is 417 g/mol. The Labute approximate surface area is 181 Å².